The quantitative estimate of drug-likeness (QED) is 0.819. The van der Waals surface area contributed by atoms with Gasteiger partial charge in [0, 0.05) is 32.7 Å². The number of amides is 2. The van der Waals surface area contributed by atoms with Crippen LogP contribution in [0.3, 0.4) is 0 Å². The van der Waals surface area contributed by atoms with Crippen LogP contribution in [0.4, 0.5) is 10.5 Å². The number of carbonyl (C=O) groups is 2. The highest BCUT2D eigenvalue weighted by Gasteiger charge is 2.23. The van der Waals surface area contributed by atoms with E-state index in [-0.39, 0.29) is 6.03 Å². The minimum Gasteiger partial charge on any atom is -0.465 e. The number of benzene rings is 1. The van der Waals surface area contributed by atoms with Crippen molar-refractivity contribution in [3.8, 4) is 0 Å². The van der Waals surface area contributed by atoms with E-state index >= 15 is 0 Å². The number of hydrogen-bond donors (Lipinski definition) is 1. The second kappa shape index (κ2) is 8.82. The Balaban J connectivity index is 1.46. The molecule has 2 amide bonds. The average Bonchev–Trinajstić information content (AvgIpc) is 3.15. The Morgan fingerprint density at radius 1 is 1.12 bits per heavy atom. The summed E-state index contributed by atoms with van der Waals surface area (Å²) in [6.07, 6.45) is 1.02. The van der Waals surface area contributed by atoms with Gasteiger partial charge in [0.25, 0.3) is 0 Å². The van der Waals surface area contributed by atoms with Gasteiger partial charge in [-0.25, -0.2) is 9.59 Å². The van der Waals surface area contributed by atoms with Crippen LogP contribution in [0, 0.1) is 0 Å². The molecule has 6 nitrogen and oxygen atoms in total. The van der Waals surface area contributed by atoms with Crippen LogP contribution < -0.4 is 5.32 Å². The van der Waals surface area contributed by atoms with Crippen molar-refractivity contribution in [3.63, 3.8) is 0 Å². The molecule has 26 heavy (non-hydrogen) atoms. The van der Waals surface area contributed by atoms with Gasteiger partial charge in [0.05, 0.1) is 12.8 Å². The van der Waals surface area contributed by atoms with Crippen molar-refractivity contribution >= 4 is 29.0 Å². The van der Waals surface area contributed by atoms with E-state index in [0.29, 0.717) is 23.7 Å². The molecule has 0 spiro atoms. The third-order valence-corrected chi connectivity index (χ3v) is 5.39. The first-order valence-electron chi connectivity index (χ1n) is 8.65. The van der Waals surface area contributed by atoms with Crippen LogP contribution in [0.25, 0.3) is 0 Å². The standard InChI is InChI=1S/C19H23N3O3S/c1-25-18(23)17-16(8-14-26-17)20-19(24)22-12-10-21(11-13-22)9-7-15-5-3-2-4-6-15/h2-6,8,14H,7,9-13H2,1H3,(H,20,24). The van der Waals surface area contributed by atoms with Crippen molar-refractivity contribution in [2.75, 3.05) is 45.2 Å². The molecule has 1 saturated heterocycles. The summed E-state index contributed by atoms with van der Waals surface area (Å²) in [5, 5.41) is 4.59. The van der Waals surface area contributed by atoms with E-state index in [4.69, 9.17) is 4.74 Å². The smallest absolute Gasteiger partial charge is 0.350 e. The van der Waals surface area contributed by atoms with Crippen molar-refractivity contribution in [2.24, 2.45) is 0 Å². The molecule has 1 aromatic heterocycles. The van der Waals surface area contributed by atoms with Gasteiger partial charge < -0.3 is 15.0 Å². The third kappa shape index (κ3) is 4.62. The fourth-order valence-corrected chi connectivity index (χ4v) is 3.72. The number of ether oxygens (including phenoxy) is 1. The summed E-state index contributed by atoms with van der Waals surface area (Å²) in [5.74, 6) is -0.430. The summed E-state index contributed by atoms with van der Waals surface area (Å²) >= 11 is 1.26. The van der Waals surface area contributed by atoms with Crippen molar-refractivity contribution in [1.29, 1.82) is 0 Å². The van der Waals surface area contributed by atoms with Gasteiger partial charge in [-0.05, 0) is 23.4 Å². The Morgan fingerprint density at radius 3 is 2.54 bits per heavy atom. The molecule has 2 heterocycles. The van der Waals surface area contributed by atoms with Gasteiger partial charge in [0.15, 0.2) is 0 Å². The van der Waals surface area contributed by atoms with E-state index in [1.165, 1.54) is 24.0 Å². The van der Waals surface area contributed by atoms with E-state index in [1.54, 1.807) is 16.3 Å². The molecule has 0 atom stereocenters. The van der Waals surface area contributed by atoms with Gasteiger partial charge in [-0.2, -0.15) is 0 Å². The first kappa shape index (κ1) is 18.4. The highest BCUT2D eigenvalue weighted by atomic mass is 32.1. The molecular weight excluding hydrogens is 350 g/mol. The van der Waals surface area contributed by atoms with Gasteiger partial charge >= 0.3 is 12.0 Å². The number of anilines is 1. The number of nitrogens with zero attached hydrogens (tertiary/aromatic N) is 2. The summed E-state index contributed by atoms with van der Waals surface area (Å²) < 4.78 is 4.74. The average molecular weight is 373 g/mol. The molecule has 1 aliphatic rings. The van der Waals surface area contributed by atoms with Crippen LogP contribution in [-0.4, -0.2) is 61.6 Å². The Morgan fingerprint density at radius 2 is 1.85 bits per heavy atom. The highest BCUT2D eigenvalue weighted by Crippen LogP contribution is 2.23. The molecular formula is C19H23N3O3S. The van der Waals surface area contributed by atoms with E-state index in [9.17, 15) is 9.59 Å². The summed E-state index contributed by atoms with van der Waals surface area (Å²) in [4.78, 5) is 28.7. The minimum absolute atomic E-state index is 0.170. The number of thiophene rings is 1. The molecule has 0 aliphatic carbocycles. The summed E-state index contributed by atoms with van der Waals surface area (Å²) in [6, 6.07) is 12.0. The molecule has 1 aliphatic heterocycles. The second-order valence-electron chi connectivity index (χ2n) is 6.15. The molecule has 0 radical (unpaired) electrons. The molecule has 0 unspecified atom stereocenters. The topological polar surface area (TPSA) is 61.9 Å². The predicted octanol–water partition coefficient (Wildman–Crippen LogP) is 2.93. The molecule has 1 N–H and O–H groups in total. The molecule has 1 fully saturated rings. The molecule has 2 aromatic rings. The van der Waals surface area contributed by atoms with Crippen LogP contribution >= 0.6 is 11.3 Å². The lowest BCUT2D eigenvalue weighted by atomic mass is 10.1. The first-order valence-corrected chi connectivity index (χ1v) is 9.53. The first-order chi connectivity index (χ1) is 12.7. The van der Waals surface area contributed by atoms with Crippen molar-refractivity contribution < 1.29 is 14.3 Å². The number of esters is 1. The number of nitrogens with one attached hydrogen (secondary N) is 1. The largest absolute Gasteiger partial charge is 0.465 e. The molecule has 0 bridgehead atoms. The molecule has 3 rings (SSSR count). The van der Waals surface area contributed by atoms with Crippen LogP contribution in [0.1, 0.15) is 15.2 Å². The fraction of sp³-hybridized carbons (Fsp3) is 0.368. The lowest BCUT2D eigenvalue weighted by Gasteiger charge is -2.34. The van der Waals surface area contributed by atoms with Crippen molar-refractivity contribution in [2.45, 2.75) is 6.42 Å². The Hall–Kier alpha value is -2.38. The fourth-order valence-electron chi connectivity index (χ4n) is 2.96. The maximum Gasteiger partial charge on any atom is 0.350 e. The van der Waals surface area contributed by atoms with Crippen molar-refractivity contribution in [3.05, 3.63) is 52.2 Å². The maximum absolute atomic E-state index is 12.5. The number of piperazine rings is 1. The van der Waals surface area contributed by atoms with Gasteiger partial charge in [0.1, 0.15) is 4.88 Å². The molecule has 1 aromatic carbocycles. The van der Waals surface area contributed by atoms with Gasteiger partial charge in [-0.15, -0.1) is 11.3 Å². The van der Waals surface area contributed by atoms with E-state index < -0.39 is 5.97 Å². The number of urea groups is 1. The van der Waals surface area contributed by atoms with Crippen LogP contribution in [0.5, 0.6) is 0 Å². The molecule has 138 valence electrons. The highest BCUT2D eigenvalue weighted by molar-refractivity contribution is 7.12. The third-order valence-electron chi connectivity index (χ3n) is 4.50. The lowest BCUT2D eigenvalue weighted by Crippen LogP contribution is -2.50. The molecule has 7 heteroatoms. The predicted molar refractivity (Wildman–Crippen MR) is 103 cm³/mol. The zero-order valence-electron chi connectivity index (χ0n) is 14.8. The van der Waals surface area contributed by atoms with Crippen LogP contribution in [0.15, 0.2) is 41.8 Å². The van der Waals surface area contributed by atoms with E-state index in [2.05, 4.69) is 34.5 Å². The summed E-state index contributed by atoms with van der Waals surface area (Å²) in [6.45, 7) is 4.06. The van der Waals surface area contributed by atoms with E-state index in [1.807, 2.05) is 6.07 Å². The summed E-state index contributed by atoms with van der Waals surface area (Å²) in [7, 11) is 1.34. The Labute approximate surface area is 157 Å². The number of methoxy groups -OCH3 is 1. The SMILES string of the molecule is COC(=O)c1sccc1NC(=O)N1CCN(CCc2ccccc2)CC1. The monoisotopic (exact) mass is 373 g/mol. The Bertz CT molecular complexity index is 739. The number of rotatable bonds is 5. The van der Waals surface area contributed by atoms with Gasteiger partial charge in [-0.3, -0.25) is 4.90 Å². The lowest BCUT2D eigenvalue weighted by molar-refractivity contribution is 0.0607. The van der Waals surface area contributed by atoms with Gasteiger partial charge in [0.2, 0.25) is 0 Å². The van der Waals surface area contributed by atoms with Gasteiger partial charge in [-0.1, -0.05) is 30.3 Å². The number of carbonyl (C=O) groups excluding carboxylic acids is 2. The second-order valence-corrected chi connectivity index (χ2v) is 7.07. The Kier molecular flexibility index (Phi) is 6.25. The summed E-state index contributed by atoms with van der Waals surface area (Å²) in [5.41, 5.74) is 1.85. The molecule has 0 saturated carbocycles. The zero-order chi connectivity index (χ0) is 18.4. The number of hydrogen-bond acceptors (Lipinski definition) is 5. The van der Waals surface area contributed by atoms with E-state index in [0.717, 1.165) is 26.1 Å². The minimum atomic E-state index is -0.430. The van der Waals surface area contributed by atoms with Crippen LogP contribution in [0.2, 0.25) is 0 Å². The normalized spacial score (nSPS) is 14.9. The van der Waals surface area contributed by atoms with Crippen LogP contribution in [-0.2, 0) is 11.2 Å². The maximum atomic E-state index is 12.5. The van der Waals surface area contributed by atoms with Crippen molar-refractivity contribution in [1.82, 2.24) is 9.80 Å². The zero-order valence-corrected chi connectivity index (χ0v) is 15.6.